The number of rotatable bonds is 5. The van der Waals surface area contributed by atoms with E-state index in [2.05, 4.69) is 5.32 Å². The Kier molecular flexibility index (Phi) is 4.24. The van der Waals surface area contributed by atoms with Gasteiger partial charge in [0.15, 0.2) is 6.10 Å². The zero-order valence-corrected chi connectivity index (χ0v) is 11.2. The average Bonchev–Trinajstić information content (AvgIpc) is 3.06. The molecule has 2 heterocycles. The van der Waals surface area contributed by atoms with Crippen LogP contribution >= 0.6 is 0 Å². The van der Waals surface area contributed by atoms with Gasteiger partial charge in [0.2, 0.25) is 5.76 Å². The van der Waals surface area contributed by atoms with Crippen molar-refractivity contribution in [1.29, 1.82) is 0 Å². The van der Waals surface area contributed by atoms with Crippen LogP contribution in [0.25, 0.3) is 0 Å². The van der Waals surface area contributed by atoms with Crippen LogP contribution in [0.15, 0.2) is 39.4 Å². The van der Waals surface area contributed by atoms with Crippen LogP contribution in [0.5, 0.6) is 0 Å². The molecule has 2 aromatic heterocycles. The molecule has 1 unspecified atom stereocenters. The predicted octanol–water partition coefficient (Wildman–Crippen LogP) is 2.04. The highest BCUT2D eigenvalue weighted by molar-refractivity contribution is 5.90. The molecule has 6 nitrogen and oxygen atoms in total. The van der Waals surface area contributed by atoms with Gasteiger partial charge in [0.05, 0.1) is 12.8 Å². The van der Waals surface area contributed by atoms with E-state index in [1.165, 1.54) is 19.3 Å². The first-order valence-corrected chi connectivity index (χ1v) is 6.14. The van der Waals surface area contributed by atoms with Gasteiger partial charge in [-0.25, -0.2) is 4.79 Å². The van der Waals surface area contributed by atoms with Crippen LogP contribution in [0, 0.1) is 6.92 Å². The molecular weight excluding hydrogens is 262 g/mol. The quantitative estimate of drug-likeness (QED) is 0.846. The van der Waals surface area contributed by atoms with Crippen LogP contribution < -0.4 is 5.32 Å². The number of aryl methyl sites for hydroxylation is 1. The summed E-state index contributed by atoms with van der Waals surface area (Å²) in [5, 5.41) is 2.61. The molecule has 1 amide bonds. The standard InChI is InChI=1S/C14H15NO5/c1-9-5-6-12(19-9)14(17)20-10(2)13(16)15-8-11-4-3-7-18-11/h3-7,10H,8H2,1-2H3,(H,15,16). The van der Waals surface area contributed by atoms with E-state index < -0.39 is 18.0 Å². The van der Waals surface area contributed by atoms with Crippen molar-refractivity contribution in [2.45, 2.75) is 26.5 Å². The molecule has 0 saturated heterocycles. The van der Waals surface area contributed by atoms with Crippen molar-refractivity contribution in [1.82, 2.24) is 5.32 Å². The fourth-order valence-electron chi connectivity index (χ4n) is 1.55. The minimum absolute atomic E-state index is 0.0770. The Morgan fingerprint density at radius 2 is 2.15 bits per heavy atom. The second kappa shape index (κ2) is 6.10. The molecule has 0 bridgehead atoms. The number of ether oxygens (including phenoxy) is 1. The molecule has 1 N–H and O–H groups in total. The van der Waals surface area contributed by atoms with Crippen molar-refractivity contribution in [3.8, 4) is 0 Å². The molecule has 20 heavy (non-hydrogen) atoms. The lowest BCUT2D eigenvalue weighted by atomic mass is 10.3. The summed E-state index contributed by atoms with van der Waals surface area (Å²) < 4.78 is 15.2. The summed E-state index contributed by atoms with van der Waals surface area (Å²) in [5.41, 5.74) is 0. The first-order chi connectivity index (χ1) is 9.56. The third kappa shape index (κ3) is 3.50. The summed E-state index contributed by atoms with van der Waals surface area (Å²) in [7, 11) is 0. The molecule has 2 rings (SSSR count). The molecule has 0 aliphatic heterocycles. The van der Waals surface area contributed by atoms with Crippen LogP contribution in [0.1, 0.15) is 29.0 Å². The predicted molar refractivity (Wildman–Crippen MR) is 68.9 cm³/mol. The molecule has 0 fully saturated rings. The first-order valence-electron chi connectivity index (χ1n) is 6.14. The van der Waals surface area contributed by atoms with Crippen LogP contribution in [0.3, 0.4) is 0 Å². The molecule has 2 aromatic rings. The SMILES string of the molecule is Cc1ccc(C(=O)OC(C)C(=O)NCc2ccco2)o1. The Morgan fingerprint density at radius 1 is 1.35 bits per heavy atom. The molecule has 0 aliphatic carbocycles. The minimum atomic E-state index is -0.914. The number of amides is 1. The molecule has 6 heteroatoms. The van der Waals surface area contributed by atoms with Crippen LogP contribution in [-0.2, 0) is 16.1 Å². The van der Waals surface area contributed by atoms with Gasteiger partial charge < -0.3 is 18.9 Å². The number of carbonyl (C=O) groups excluding carboxylic acids is 2. The number of hydrogen-bond donors (Lipinski definition) is 1. The van der Waals surface area contributed by atoms with Gasteiger partial charge in [0.25, 0.3) is 5.91 Å². The second-order valence-corrected chi connectivity index (χ2v) is 4.26. The van der Waals surface area contributed by atoms with Crippen molar-refractivity contribution in [2.24, 2.45) is 0 Å². The van der Waals surface area contributed by atoms with Crippen molar-refractivity contribution >= 4 is 11.9 Å². The number of carbonyl (C=O) groups is 2. The van der Waals surface area contributed by atoms with E-state index in [4.69, 9.17) is 13.6 Å². The van der Waals surface area contributed by atoms with E-state index in [0.29, 0.717) is 11.5 Å². The Balaban J connectivity index is 1.83. The van der Waals surface area contributed by atoms with E-state index in [-0.39, 0.29) is 12.3 Å². The van der Waals surface area contributed by atoms with E-state index >= 15 is 0 Å². The number of furan rings is 2. The van der Waals surface area contributed by atoms with Crippen molar-refractivity contribution in [3.63, 3.8) is 0 Å². The average molecular weight is 277 g/mol. The van der Waals surface area contributed by atoms with Gasteiger partial charge in [-0.3, -0.25) is 4.79 Å². The molecule has 0 radical (unpaired) electrons. The van der Waals surface area contributed by atoms with Gasteiger partial charge in [-0.1, -0.05) is 0 Å². The summed E-state index contributed by atoms with van der Waals surface area (Å²) in [6.45, 7) is 3.45. The largest absolute Gasteiger partial charge is 0.467 e. The smallest absolute Gasteiger partial charge is 0.375 e. The summed E-state index contributed by atoms with van der Waals surface area (Å²) in [6, 6.07) is 6.62. The maximum Gasteiger partial charge on any atom is 0.375 e. The van der Waals surface area contributed by atoms with Gasteiger partial charge in [-0.2, -0.15) is 0 Å². The lowest BCUT2D eigenvalue weighted by molar-refractivity contribution is -0.129. The highest BCUT2D eigenvalue weighted by Crippen LogP contribution is 2.09. The Hall–Kier alpha value is -2.50. The fraction of sp³-hybridized carbons (Fsp3) is 0.286. The normalized spacial score (nSPS) is 11.9. The number of esters is 1. The summed E-state index contributed by atoms with van der Waals surface area (Å²) in [6.07, 6.45) is 0.604. The molecule has 0 spiro atoms. The van der Waals surface area contributed by atoms with Crippen molar-refractivity contribution < 1.29 is 23.2 Å². The highest BCUT2D eigenvalue weighted by Gasteiger charge is 2.20. The summed E-state index contributed by atoms with van der Waals surface area (Å²) in [4.78, 5) is 23.4. The zero-order valence-electron chi connectivity index (χ0n) is 11.2. The monoisotopic (exact) mass is 277 g/mol. The molecule has 0 aliphatic rings. The summed E-state index contributed by atoms with van der Waals surface area (Å²) >= 11 is 0. The molecule has 106 valence electrons. The summed E-state index contributed by atoms with van der Waals surface area (Å²) in [5.74, 6) is 0.232. The molecule has 0 saturated carbocycles. The van der Waals surface area contributed by atoms with Gasteiger partial charge in [-0.15, -0.1) is 0 Å². The third-order valence-corrected chi connectivity index (χ3v) is 2.61. The van der Waals surface area contributed by atoms with E-state index in [9.17, 15) is 9.59 Å². The maximum absolute atomic E-state index is 11.7. The highest BCUT2D eigenvalue weighted by atomic mass is 16.6. The third-order valence-electron chi connectivity index (χ3n) is 2.61. The fourth-order valence-corrected chi connectivity index (χ4v) is 1.55. The Bertz CT molecular complexity index is 584. The minimum Gasteiger partial charge on any atom is -0.467 e. The number of hydrogen-bond acceptors (Lipinski definition) is 5. The second-order valence-electron chi connectivity index (χ2n) is 4.26. The van der Waals surface area contributed by atoms with Gasteiger partial charge >= 0.3 is 5.97 Å². The van der Waals surface area contributed by atoms with Gasteiger partial charge in [0.1, 0.15) is 11.5 Å². The topological polar surface area (TPSA) is 81.7 Å². The van der Waals surface area contributed by atoms with Gasteiger partial charge in [0, 0.05) is 0 Å². The van der Waals surface area contributed by atoms with Gasteiger partial charge in [-0.05, 0) is 38.1 Å². The first kappa shape index (κ1) is 13.9. The Morgan fingerprint density at radius 3 is 2.75 bits per heavy atom. The van der Waals surface area contributed by atoms with Crippen LogP contribution in [-0.4, -0.2) is 18.0 Å². The lowest BCUT2D eigenvalue weighted by Gasteiger charge is -2.11. The van der Waals surface area contributed by atoms with Crippen molar-refractivity contribution in [3.05, 3.63) is 47.8 Å². The van der Waals surface area contributed by atoms with E-state index in [1.54, 1.807) is 25.1 Å². The van der Waals surface area contributed by atoms with E-state index in [1.807, 2.05) is 0 Å². The van der Waals surface area contributed by atoms with Crippen LogP contribution in [0.4, 0.5) is 0 Å². The maximum atomic E-state index is 11.7. The van der Waals surface area contributed by atoms with E-state index in [0.717, 1.165) is 0 Å². The zero-order chi connectivity index (χ0) is 14.5. The lowest BCUT2D eigenvalue weighted by Crippen LogP contribution is -2.35. The molecule has 1 atom stereocenters. The Labute approximate surface area is 115 Å². The molecular formula is C14H15NO5. The molecule has 0 aromatic carbocycles. The van der Waals surface area contributed by atoms with Crippen LogP contribution in [0.2, 0.25) is 0 Å². The van der Waals surface area contributed by atoms with Crippen molar-refractivity contribution in [2.75, 3.05) is 0 Å². The number of nitrogens with one attached hydrogen (secondary N) is 1.